The molecule has 1 saturated heterocycles. The van der Waals surface area contributed by atoms with Crippen molar-refractivity contribution >= 4 is 37.7 Å². The summed E-state index contributed by atoms with van der Waals surface area (Å²) >= 11 is 6.18. The molecule has 0 aromatic carbocycles. The van der Waals surface area contributed by atoms with E-state index in [1.54, 1.807) is 0 Å². The fourth-order valence-corrected chi connectivity index (χ4v) is 3.04. The van der Waals surface area contributed by atoms with E-state index in [1.807, 2.05) is 25.8 Å². The lowest BCUT2D eigenvalue weighted by atomic mass is 10.1. The number of aliphatic imine (C=N–C) groups is 1. The van der Waals surface area contributed by atoms with Gasteiger partial charge in [-0.05, 0) is 20.3 Å². The molecule has 0 spiro atoms. The van der Waals surface area contributed by atoms with Crippen LogP contribution < -0.4 is 0 Å². The summed E-state index contributed by atoms with van der Waals surface area (Å²) in [5.74, 6) is 0.754. The fourth-order valence-electron chi connectivity index (χ4n) is 2.18. The van der Waals surface area contributed by atoms with Crippen LogP contribution in [0.3, 0.4) is 0 Å². The van der Waals surface area contributed by atoms with E-state index in [0.717, 1.165) is 6.42 Å². The molecule has 1 fully saturated rings. The van der Waals surface area contributed by atoms with Gasteiger partial charge in [-0.3, -0.25) is 15.1 Å². The van der Waals surface area contributed by atoms with Crippen molar-refractivity contribution in [2.24, 2.45) is 10.9 Å². The van der Waals surface area contributed by atoms with Gasteiger partial charge in [-0.1, -0.05) is 0 Å². The van der Waals surface area contributed by atoms with Crippen molar-refractivity contribution in [1.29, 1.82) is 0 Å². The molecule has 0 amide bonds. The second-order valence-electron chi connectivity index (χ2n) is 4.72. The first-order chi connectivity index (χ1) is 8.78. The van der Waals surface area contributed by atoms with Crippen LogP contribution in [0.4, 0.5) is 0 Å². The first-order valence-corrected chi connectivity index (χ1v) is 7.77. The fraction of sp³-hybridized carbons (Fsp3) is 0.909. The summed E-state index contributed by atoms with van der Waals surface area (Å²) in [6.07, 6.45) is 1.23. The molecule has 1 rings (SSSR count). The Bertz CT molecular complexity index is 363. The third-order valence-electron chi connectivity index (χ3n) is 2.98. The van der Waals surface area contributed by atoms with Gasteiger partial charge in [0, 0.05) is 57.9 Å². The minimum Gasteiger partial charge on any atom is -0.378 e. The van der Waals surface area contributed by atoms with E-state index in [-0.39, 0.29) is 6.10 Å². The molecule has 0 N–H and O–H groups in total. The molecule has 1 aliphatic rings. The molecule has 0 radical (unpaired) electrons. The van der Waals surface area contributed by atoms with Gasteiger partial charge in [0.15, 0.2) is 0 Å². The van der Waals surface area contributed by atoms with Crippen molar-refractivity contribution in [3.8, 4) is 0 Å². The van der Waals surface area contributed by atoms with Gasteiger partial charge in [0.25, 0.3) is 0 Å². The Morgan fingerprint density at radius 1 is 1.63 bits per heavy atom. The Labute approximate surface area is 130 Å². The van der Waals surface area contributed by atoms with Gasteiger partial charge in [-0.15, -0.1) is 0 Å². The van der Waals surface area contributed by atoms with Crippen molar-refractivity contribution < 1.29 is 9.66 Å². The molecular formula is C11H19Br2N3O3. The van der Waals surface area contributed by atoms with Gasteiger partial charge in [0.2, 0.25) is 5.84 Å². The predicted molar refractivity (Wildman–Crippen MR) is 81.7 cm³/mol. The maximum atomic E-state index is 11.1. The summed E-state index contributed by atoms with van der Waals surface area (Å²) in [7, 11) is 1.82. The molecule has 8 heteroatoms. The van der Waals surface area contributed by atoms with Crippen molar-refractivity contribution in [1.82, 2.24) is 4.90 Å². The highest BCUT2D eigenvalue weighted by atomic mass is 79.9. The van der Waals surface area contributed by atoms with Crippen LogP contribution in [0.15, 0.2) is 4.99 Å². The molecule has 0 bridgehead atoms. The van der Waals surface area contributed by atoms with Crippen LogP contribution in [0.5, 0.6) is 0 Å². The van der Waals surface area contributed by atoms with Crippen LogP contribution in [0.25, 0.3) is 0 Å². The number of alkyl halides is 2. The molecule has 110 valence electrons. The highest BCUT2D eigenvalue weighted by molar-refractivity contribution is 9.25. The van der Waals surface area contributed by atoms with Crippen LogP contribution in [0.2, 0.25) is 0 Å². The van der Waals surface area contributed by atoms with Crippen molar-refractivity contribution in [3.63, 3.8) is 0 Å². The predicted octanol–water partition coefficient (Wildman–Crippen LogP) is 2.48. The molecule has 0 aromatic heterocycles. The van der Waals surface area contributed by atoms with Gasteiger partial charge in [0.1, 0.15) is 0 Å². The SMILES string of the molecule is CCN=C(N(C)CC1COC(C)C1)C(Br)(Br)[N+](=O)[O-]. The molecule has 19 heavy (non-hydrogen) atoms. The highest BCUT2D eigenvalue weighted by Crippen LogP contribution is 2.31. The molecular weight excluding hydrogens is 382 g/mol. The second kappa shape index (κ2) is 6.99. The zero-order valence-electron chi connectivity index (χ0n) is 11.3. The van der Waals surface area contributed by atoms with E-state index in [4.69, 9.17) is 4.74 Å². The van der Waals surface area contributed by atoms with Gasteiger partial charge in [-0.25, -0.2) is 0 Å². The first kappa shape index (κ1) is 16.8. The number of nitro groups is 1. The molecule has 1 aliphatic heterocycles. The lowest BCUT2D eigenvalue weighted by Gasteiger charge is -2.27. The van der Waals surface area contributed by atoms with E-state index < -0.39 is 8.28 Å². The number of rotatable bonds is 5. The highest BCUT2D eigenvalue weighted by Gasteiger charge is 2.45. The largest absolute Gasteiger partial charge is 0.382 e. The summed E-state index contributed by atoms with van der Waals surface area (Å²) < 4.78 is 3.98. The number of nitrogens with zero attached hydrogens (tertiary/aromatic N) is 3. The smallest absolute Gasteiger partial charge is 0.378 e. The minimum atomic E-state index is -1.53. The number of ether oxygens (including phenoxy) is 1. The summed E-state index contributed by atoms with van der Waals surface area (Å²) in [5.41, 5.74) is 0. The first-order valence-electron chi connectivity index (χ1n) is 6.19. The second-order valence-corrected chi connectivity index (χ2v) is 8.08. The van der Waals surface area contributed by atoms with Gasteiger partial charge in [-0.2, -0.15) is 0 Å². The van der Waals surface area contributed by atoms with E-state index >= 15 is 0 Å². The molecule has 2 unspecified atom stereocenters. The van der Waals surface area contributed by atoms with E-state index in [2.05, 4.69) is 36.9 Å². The number of halogens is 2. The van der Waals surface area contributed by atoms with Crippen LogP contribution >= 0.6 is 31.9 Å². The van der Waals surface area contributed by atoms with Crippen molar-refractivity contribution in [2.45, 2.75) is 29.7 Å². The average molecular weight is 401 g/mol. The quantitative estimate of drug-likeness (QED) is 0.177. The summed E-state index contributed by atoms with van der Waals surface area (Å²) in [4.78, 5) is 16.7. The zero-order valence-corrected chi connectivity index (χ0v) is 14.5. The Kier molecular flexibility index (Phi) is 6.19. The molecule has 0 saturated carbocycles. The van der Waals surface area contributed by atoms with Crippen LogP contribution in [-0.2, 0) is 4.74 Å². The van der Waals surface area contributed by atoms with E-state index in [0.29, 0.717) is 31.4 Å². The third-order valence-corrected chi connectivity index (χ3v) is 4.27. The van der Waals surface area contributed by atoms with Crippen LogP contribution in [0.1, 0.15) is 20.3 Å². The molecule has 2 atom stereocenters. The normalized spacial score (nSPS) is 24.6. The Hall–Kier alpha value is -0.210. The summed E-state index contributed by atoms with van der Waals surface area (Å²) in [6.45, 7) is 5.77. The summed E-state index contributed by atoms with van der Waals surface area (Å²) in [5, 5.41) is 11.1. The zero-order chi connectivity index (χ0) is 14.6. The number of hydrogen-bond donors (Lipinski definition) is 0. The molecule has 6 nitrogen and oxygen atoms in total. The topological polar surface area (TPSA) is 68.0 Å². The maximum Gasteiger partial charge on any atom is 0.382 e. The monoisotopic (exact) mass is 399 g/mol. The standard InChI is InChI=1S/C11H19Br2N3O3/c1-4-14-10(11(12,13)16(17)18)15(3)6-9-5-8(2)19-7-9/h8-9H,4-7H2,1-3H3. The molecule has 1 heterocycles. The Balaban J connectivity index is 2.77. The van der Waals surface area contributed by atoms with E-state index in [1.165, 1.54) is 0 Å². The average Bonchev–Trinajstić information content (AvgIpc) is 2.70. The van der Waals surface area contributed by atoms with Crippen LogP contribution in [0, 0.1) is 16.0 Å². The van der Waals surface area contributed by atoms with Gasteiger partial charge < -0.3 is 9.64 Å². The lowest BCUT2D eigenvalue weighted by Crippen LogP contribution is -2.46. The lowest BCUT2D eigenvalue weighted by molar-refractivity contribution is -0.486. The van der Waals surface area contributed by atoms with Crippen LogP contribution in [-0.4, -0.2) is 51.9 Å². The Morgan fingerprint density at radius 2 is 2.26 bits per heavy atom. The van der Waals surface area contributed by atoms with Gasteiger partial charge in [0.05, 0.1) is 17.6 Å². The van der Waals surface area contributed by atoms with Gasteiger partial charge >= 0.3 is 3.36 Å². The Morgan fingerprint density at radius 3 is 2.68 bits per heavy atom. The van der Waals surface area contributed by atoms with Crippen molar-refractivity contribution in [3.05, 3.63) is 10.1 Å². The minimum absolute atomic E-state index is 0.262. The van der Waals surface area contributed by atoms with E-state index in [9.17, 15) is 10.1 Å². The third kappa shape index (κ3) is 4.39. The maximum absolute atomic E-state index is 11.1. The summed E-state index contributed by atoms with van der Waals surface area (Å²) in [6, 6.07) is 0. The molecule has 0 aromatic rings. The number of amidine groups is 1. The number of hydrogen-bond acceptors (Lipinski definition) is 4. The molecule has 0 aliphatic carbocycles. The van der Waals surface area contributed by atoms with Crippen molar-refractivity contribution in [2.75, 3.05) is 26.7 Å². The number of likely N-dealkylation sites (N-methyl/N-ethyl adjacent to an activating group) is 1.